The van der Waals surface area contributed by atoms with Crippen LogP contribution in [0.3, 0.4) is 0 Å². The zero-order valence-electron chi connectivity index (χ0n) is 7.01. The van der Waals surface area contributed by atoms with Crippen LogP contribution in [0.25, 0.3) is 0 Å². The van der Waals surface area contributed by atoms with Crippen LogP contribution in [0.4, 0.5) is 0 Å². The second-order valence-electron chi connectivity index (χ2n) is 2.54. The summed E-state index contributed by atoms with van der Waals surface area (Å²) in [5.41, 5.74) is 0. The molecule has 14 heavy (non-hydrogen) atoms. The quantitative estimate of drug-likeness (QED) is 0.715. The van der Waals surface area contributed by atoms with Gasteiger partial charge < -0.3 is 0 Å². The summed E-state index contributed by atoms with van der Waals surface area (Å²) in [5.74, 6) is 0. The Balaban J connectivity index is 3.44. The lowest BCUT2D eigenvalue weighted by molar-refractivity contribution is 0.597. The van der Waals surface area contributed by atoms with Gasteiger partial charge in [0.2, 0.25) is 0 Å². The first-order valence-electron chi connectivity index (χ1n) is 3.32. The summed E-state index contributed by atoms with van der Waals surface area (Å²) in [7, 11) is -2.41. The Bertz CT molecular complexity index is 502. The Labute approximate surface area is 86.1 Å². The van der Waals surface area contributed by atoms with Crippen molar-refractivity contribution in [1.29, 1.82) is 0 Å². The van der Waals surface area contributed by atoms with Crippen LogP contribution in [0.2, 0.25) is 0 Å². The lowest BCUT2D eigenvalue weighted by Crippen LogP contribution is -2.02. The maximum Gasteiger partial charge on any atom is 0.261 e. The van der Waals surface area contributed by atoms with Gasteiger partial charge in [0, 0.05) is 23.1 Å². The minimum Gasteiger partial charge on any atom is -0.245 e. The summed E-state index contributed by atoms with van der Waals surface area (Å²) in [6.45, 7) is 0. The molecule has 0 saturated heterocycles. The Hall–Kier alpha value is -0.660. The first-order valence-corrected chi connectivity index (χ1v) is 7.52. The Morgan fingerprint density at radius 2 is 1.86 bits per heavy atom. The van der Waals surface area contributed by atoms with Crippen LogP contribution in [0.15, 0.2) is 28.3 Å². The summed E-state index contributed by atoms with van der Waals surface area (Å²) in [6.07, 6.45) is 2.01. The molecule has 1 heterocycles. The van der Waals surface area contributed by atoms with E-state index in [2.05, 4.69) is 4.98 Å². The van der Waals surface area contributed by atoms with Crippen molar-refractivity contribution in [2.45, 2.75) is 9.92 Å². The molecule has 0 unspecified atom stereocenters. The lowest BCUT2D eigenvalue weighted by Gasteiger charge is -1.98. The Morgan fingerprint density at radius 3 is 2.29 bits per heavy atom. The van der Waals surface area contributed by atoms with Crippen molar-refractivity contribution >= 4 is 29.6 Å². The standard InChI is InChI=1S/C6H6ClNO4S2/c1-13(9,10)6-4-5(2-3-8-6)14(7,11)12/h2-4H,1H3. The van der Waals surface area contributed by atoms with Gasteiger partial charge in [-0.25, -0.2) is 21.8 Å². The average Bonchev–Trinajstić information content (AvgIpc) is 2.01. The first kappa shape index (κ1) is 11.4. The predicted octanol–water partition coefficient (Wildman–Crippen LogP) is 0.413. The molecule has 1 rings (SSSR count). The van der Waals surface area contributed by atoms with Crippen LogP contribution in [0.5, 0.6) is 0 Å². The molecule has 0 bridgehead atoms. The van der Waals surface area contributed by atoms with Crippen molar-refractivity contribution in [3.05, 3.63) is 18.3 Å². The third-order valence-electron chi connectivity index (χ3n) is 1.37. The van der Waals surface area contributed by atoms with E-state index in [9.17, 15) is 16.8 Å². The SMILES string of the molecule is CS(=O)(=O)c1cc(S(=O)(=O)Cl)ccn1. The average molecular weight is 256 g/mol. The van der Waals surface area contributed by atoms with Crippen molar-refractivity contribution < 1.29 is 16.8 Å². The molecule has 0 N–H and O–H groups in total. The van der Waals surface area contributed by atoms with E-state index in [4.69, 9.17) is 10.7 Å². The number of hydrogen-bond donors (Lipinski definition) is 0. The van der Waals surface area contributed by atoms with Gasteiger partial charge in [0.15, 0.2) is 14.9 Å². The minimum atomic E-state index is -3.92. The highest BCUT2D eigenvalue weighted by Gasteiger charge is 2.15. The molecular formula is C6H6ClNO4S2. The summed E-state index contributed by atoms with van der Waals surface area (Å²) in [6, 6.07) is 2.04. The molecule has 0 amide bonds. The molecule has 0 saturated carbocycles. The van der Waals surface area contributed by atoms with E-state index in [0.717, 1.165) is 24.6 Å². The highest BCUT2D eigenvalue weighted by molar-refractivity contribution is 8.13. The summed E-state index contributed by atoms with van der Waals surface area (Å²) < 4.78 is 43.7. The van der Waals surface area contributed by atoms with Gasteiger partial charge in [-0.2, -0.15) is 0 Å². The molecule has 0 aliphatic heterocycles. The van der Waals surface area contributed by atoms with Gasteiger partial charge in [0.25, 0.3) is 9.05 Å². The van der Waals surface area contributed by atoms with E-state index in [1.165, 1.54) is 0 Å². The molecule has 0 radical (unpaired) electrons. The smallest absolute Gasteiger partial charge is 0.245 e. The van der Waals surface area contributed by atoms with Crippen LogP contribution in [-0.4, -0.2) is 28.1 Å². The number of pyridine rings is 1. The molecule has 0 fully saturated rings. The molecule has 5 nitrogen and oxygen atoms in total. The predicted molar refractivity (Wildman–Crippen MR) is 50.4 cm³/mol. The lowest BCUT2D eigenvalue weighted by atomic mass is 10.5. The second kappa shape index (κ2) is 3.48. The van der Waals surface area contributed by atoms with E-state index < -0.39 is 18.9 Å². The molecule has 0 aliphatic rings. The normalized spacial score (nSPS) is 12.7. The van der Waals surface area contributed by atoms with Gasteiger partial charge in [-0.3, -0.25) is 0 Å². The van der Waals surface area contributed by atoms with Gasteiger partial charge in [-0.15, -0.1) is 0 Å². The molecule has 0 spiro atoms. The maximum absolute atomic E-state index is 11.0. The van der Waals surface area contributed by atoms with Crippen LogP contribution >= 0.6 is 10.7 Å². The van der Waals surface area contributed by atoms with Crippen LogP contribution < -0.4 is 0 Å². The number of hydrogen-bond acceptors (Lipinski definition) is 5. The zero-order chi connectivity index (χ0) is 11.0. The van der Waals surface area contributed by atoms with Gasteiger partial charge in [0.1, 0.15) is 0 Å². The van der Waals surface area contributed by atoms with E-state index in [1.807, 2.05) is 0 Å². The van der Waals surface area contributed by atoms with Crippen LogP contribution in [0, 0.1) is 0 Å². The van der Waals surface area contributed by atoms with Crippen molar-refractivity contribution in [3.63, 3.8) is 0 Å². The maximum atomic E-state index is 11.0. The molecule has 78 valence electrons. The third-order valence-corrected chi connectivity index (χ3v) is 3.70. The number of sulfone groups is 1. The molecule has 1 aromatic rings. The van der Waals surface area contributed by atoms with Gasteiger partial charge in [0.05, 0.1) is 4.90 Å². The fourth-order valence-corrected chi connectivity index (χ4v) is 2.18. The van der Waals surface area contributed by atoms with E-state index in [-0.39, 0.29) is 9.92 Å². The van der Waals surface area contributed by atoms with Gasteiger partial charge >= 0.3 is 0 Å². The molecule has 0 aliphatic carbocycles. The molecule has 0 aromatic carbocycles. The van der Waals surface area contributed by atoms with Crippen molar-refractivity contribution in [2.75, 3.05) is 6.26 Å². The third kappa shape index (κ3) is 2.66. The number of rotatable bonds is 2. The van der Waals surface area contributed by atoms with Gasteiger partial charge in [-0.1, -0.05) is 0 Å². The molecule has 8 heteroatoms. The fraction of sp³-hybridized carbons (Fsp3) is 0.167. The van der Waals surface area contributed by atoms with Crippen molar-refractivity contribution in [2.24, 2.45) is 0 Å². The zero-order valence-corrected chi connectivity index (χ0v) is 9.40. The summed E-state index contributed by atoms with van der Waals surface area (Å²) in [4.78, 5) is 3.23. The topological polar surface area (TPSA) is 81.2 Å². The molecule has 1 aromatic heterocycles. The highest BCUT2D eigenvalue weighted by Crippen LogP contribution is 2.16. The Kier molecular flexibility index (Phi) is 2.84. The van der Waals surface area contributed by atoms with Crippen LogP contribution in [-0.2, 0) is 18.9 Å². The summed E-state index contributed by atoms with van der Waals surface area (Å²) >= 11 is 0. The largest absolute Gasteiger partial charge is 0.261 e. The number of halogens is 1. The van der Waals surface area contributed by atoms with E-state index >= 15 is 0 Å². The summed E-state index contributed by atoms with van der Waals surface area (Å²) in [5, 5.41) is -0.320. The van der Waals surface area contributed by atoms with Crippen molar-refractivity contribution in [3.8, 4) is 0 Å². The highest BCUT2D eigenvalue weighted by atomic mass is 35.7. The first-order chi connectivity index (χ1) is 6.21. The number of nitrogens with zero attached hydrogens (tertiary/aromatic N) is 1. The minimum absolute atomic E-state index is 0.283. The van der Waals surface area contributed by atoms with Crippen LogP contribution in [0.1, 0.15) is 0 Å². The Morgan fingerprint density at radius 1 is 1.29 bits per heavy atom. The molecule has 0 atom stereocenters. The van der Waals surface area contributed by atoms with Gasteiger partial charge in [-0.05, 0) is 12.1 Å². The number of aromatic nitrogens is 1. The van der Waals surface area contributed by atoms with Crippen molar-refractivity contribution in [1.82, 2.24) is 4.98 Å². The fourth-order valence-electron chi connectivity index (χ4n) is 0.746. The molecular weight excluding hydrogens is 250 g/mol. The second-order valence-corrected chi connectivity index (χ2v) is 7.07. The van der Waals surface area contributed by atoms with E-state index in [1.54, 1.807) is 0 Å². The monoisotopic (exact) mass is 255 g/mol. The van der Waals surface area contributed by atoms with E-state index in [0.29, 0.717) is 0 Å².